The molecule has 1 unspecified atom stereocenters. The highest BCUT2D eigenvalue weighted by molar-refractivity contribution is 7.90. The number of benzene rings is 3. The van der Waals surface area contributed by atoms with Gasteiger partial charge in [-0.1, -0.05) is 54.4 Å². The monoisotopic (exact) mass is 539 g/mol. The van der Waals surface area contributed by atoms with Crippen LogP contribution in [0, 0.1) is 0 Å². The lowest BCUT2D eigenvalue weighted by atomic mass is 9.58. The molecule has 2 aliphatic rings. The lowest BCUT2D eigenvalue weighted by molar-refractivity contribution is 0.164. The molecule has 3 aromatic rings. The summed E-state index contributed by atoms with van der Waals surface area (Å²) in [4.78, 5) is 0. The van der Waals surface area contributed by atoms with Crippen molar-refractivity contribution in [1.82, 2.24) is 5.32 Å². The van der Waals surface area contributed by atoms with E-state index < -0.39 is 9.84 Å². The van der Waals surface area contributed by atoms with Gasteiger partial charge in [0.25, 0.3) is 0 Å². The van der Waals surface area contributed by atoms with Gasteiger partial charge in [0.15, 0.2) is 9.84 Å². The normalized spacial score (nSPS) is 18.5. The van der Waals surface area contributed by atoms with Crippen molar-refractivity contribution in [1.29, 1.82) is 0 Å². The number of rotatable bonds is 10. The standard InChI is InChI=1S/C30H34ClNO4S/c1-35-28-7-3-2-6-23(28)21-37(33,34)19-5-18-36-26-13-8-22-14-17-32-29(27(22)20-26)30(15-4-16-30)24-9-11-25(31)12-10-24/h2-3,6-13,20,29,32H,4-5,14-19,21H2,1H3. The molecule has 196 valence electrons. The average molecular weight is 540 g/mol. The minimum absolute atomic E-state index is 0.0318. The fourth-order valence-electron chi connectivity index (χ4n) is 5.80. The molecule has 0 saturated heterocycles. The zero-order valence-corrected chi connectivity index (χ0v) is 22.8. The topological polar surface area (TPSA) is 64.6 Å². The van der Waals surface area contributed by atoms with Gasteiger partial charge in [-0.2, -0.15) is 0 Å². The van der Waals surface area contributed by atoms with E-state index in [0.29, 0.717) is 24.3 Å². The predicted molar refractivity (Wildman–Crippen MR) is 148 cm³/mol. The molecule has 1 N–H and O–H groups in total. The number of hydrogen-bond acceptors (Lipinski definition) is 5. The summed E-state index contributed by atoms with van der Waals surface area (Å²) in [5.74, 6) is 1.43. The number of sulfone groups is 1. The number of fused-ring (bicyclic) bond motifs is 1. The van der Waals surface area contributed by atoms with E-state index in [-0.39, 0.29) is 23.0 Å². The van der Waals surface area contributed by atoms with Gasteiger partial charge in [0, 0.05) is 22.0 Å². The van der Waals surface area contributed by atoms with E-state index in [1.807, 2.05) is 30.3 Å². The number of hydrogen-bond donors (Lipinski definition) is 1. The number of halogens is 1. The summed E-state index contributed by atoms with van der Waals surface area (Å²) in [6.07, 6.45) is 4.92. The van der Waals surface area contributed by atoms with E-state index >= 15 is 0 Å². The average Bonchev–Trinajstić information content (AvgIpc) is 2.87. The van der Waals surface area contributed by atoms with Crippen molar-refractivity contribution in [3.63, 3.8) is 0 Å². The van der Waals surface area contributed by atoms with Crippen LogP contribution in [0.5, 0.6) is 11.5 Å². The van der Waals surface area contributed by atoms with Crippen molar-refractivity contribution >= 4 is 21.4 Å². The van der Waals surface area contributed by atoms with Crippen LogP contribution in [0.4, 0.5) is 0 Å². The van der Waals surface area contributed by atoms with E-state index in [4.69, 9.17) is 21.1 Å². The molecule has 1 fully saturated rings. The van der Waals surface area contributed by atoms with Gasteiger partial charge in [-0.25, -0.2) is 8.42 Å². The molecule has 7 heteroatoms. The van der Waals surface area contributed by atoms with Gasteiger partial charge < -0.3 is 14.8 Å². The van der Waals surface area contributed by atoms with Gasteiger partial charge in [-0.3, -0.25) is 0 Å². The summed E-state index contributed by atoms with van der Waals surface area (Å²) >= 11 is 6.18. The van der Waals surface area contributed by atoms with Crippen LogP contribution in [0.1, 0.15) is 54.0 Å². The molecule has 1 atom stereocenters. The van der Waals surface area contributed by atoms with Crippen LogP contribution in [0.25, 0.3) is 0 Å². The Hall–Kier alpha value is -2.54. The van der Waals surface area contributed by atoms with Crippen LogP contribution in [-0.4, -0.2) is 34.4 Å². The molecular weight excluding hydrogens is 506 g/mol. The van der Waals surface area contributed by atoms with Gasteiger partial charge in [0.2, 0.25) is 0 Å². The first-order valence-corrected chi connectivity index (χ1v) is 15.2. The van der Waals surface area contributed by atoms with Crippen LogP contribution in [-0.2, 0) is 27.4 Å². The van der Waals surface area contributed by atoms with Crippen molar-refractivity contribution in [2.24, 2.45) is 0 Å². The molecule has 0 amide bonds. The summed E-state index contributed by atoms with van der Waals surface area (Å²) in [5, 5.41) is 4.56. The zero-order chi connectivity index (χ0) is 25.9. The van der Waals surface area contributed by atoms with E-state index in [1.54, 1.807) is 19.2 Å². The lowest BCUT2D eigenvalue weighted by Crippen LogP contribution is -2.49. The lowest BCUT2D eigenvalue weighted by Gasteiger charge is -2.50. The maximum absolute atomic E-state index is 12.7. The molecular formula is C30H34ClNO4S. The minimum atomic E-state index is -3.27. The van der Waals surface area contributed by atoms with Gasteiger partial charge in [-0.15, -0.1) is 0 Å². The number of ether oxygens (including phenoxy) is 2. The van der Waals surface area contributed by atoms with Crippen LogP contribution >= 0.6 is 11.6 Å². The quantitative estimate of drug-likeness (QED) is 0.318. The second-order valence-corrected chi connectivity index (χ2v) is 12.7. The third-order valence-electron chi connectivity index (χ3n) is 7.82. The summed E-state index contributed by atoms with van der Waals surface area (Å²) in [7, 11) is -1.72. The Bertz CT molecular complexity index is 1340. The van der Waals surface area contributed by atoms with Crippen molar-refractivity contribution in [3.05, 3.63) is 94.0 Å². The highest BCUT2D eigenvalue weighted by atomic mass is 35.5. The first-order valence-electron chi connectivity index (χ1n) is 13.0. The van der Waals surface area contributed by atoms with Crippen LogP contribution in [0.15, 0.2) is 66.7 Å². The zero-order valence-electron chi connectivity index (χ0n) is 21.2. The van der Waals surface area contributed by atoms with Crippen LogP contribution in [0.3, 0.4) is 0 Å². The van der Waals surface area contributed by atoms with Crippen LogP contribution < -0.4 is 14.8 Å². The Balaban J connectivity index is 1.25. The van der Waals surface area contributed by atoms with E-state index in [0.717, 1.165) is 36.6 Å². The van der Waals surface area contributed by atoms with Gasteiger partial charge in [0.1, 0.15) is 11.5 Å². The van der Waals surface area contributed by atoms with Crippen molar-refractivity contribution in [2.75, 3.05) is 26.0 Å². The fourth-order valence-corrected chi connectivity index (χ4v) is 7.34. The first kappa shape index (κ1) is 26.1. The predicted octanol–water partition coefficient (Wildman–Crippen LogP) is 6.04. The molecule has 1 aliphatic heterocycles. The van der Waals surface area contributed by atoms with E-state index in [9.17, 15) is 8.42 Å². The molecule has 5 nitrogen and oxygen atoms in total. The highest BCUT2D eigenvalue weighted by Crippen LogP contribution is 2.53. The molecule has 37 heavy (non-hydrogen) atoms. The Labute approximate surface area is 225 Å². The number of para-hydroxylation sites is 1. The largest absolute Gasteiger partial charge is 0.496 e. The molecule has 3 aromatic carbocycles. The maximum Gasteiger partial charge on any atom is 0.154 e. The molecule has 0 spiro atoms. The van der Waals surface area contributed by atoms with Gasteiger partial charge >= 0.3 is 0 Å². The second-order valence-electron chi connectivity index (χ2n) is 10.1. The van der Waals surface area contributed by atoms with E-state index in [2.05, 4.69) is 29.6 Å². The van der Waals surface area contributed by atoms with E-state index in [1.165, 1.54) is 23.1 Å². The molecule has 0 aromatic heterocycles. The molecule has 1 saturated carbocycles. The van der Waals surface area contributed by atoms with Crippen molar-refractivity contribution in [3.8, 4) is 11.5 Å². The molecule has 5 rings (SSSR count). The molecule has 0 bridgehead atoms. The van der Waals surface area contributed by atoms with Crippen LogP contribution in [0.2, 0.25) is 5.02 Å². The maximum atomic E-state index is 12.7. The SMILES string of the molecule is COc1ccccc1CS(=O)(=O)CCCOc1ccc2c(c1)C(C1(c3ccc(Cl)cc3)CCC1)NCC2. The highest BCUT2D eigenvalue weighted by Gasteiger charge is 2.47. The number of nitrogens with one attached hydrogen (secondary N) is 1. The Kier molecular flexibility index (Phi) is 7.80. The van der Waals surface area contributed by atoms with Gasteiger partial charge in [0.05, 0.1) is 25.2 Å². The molecule has 1 heterocycles. The van der Waals surface area contributed by atoms with Gasteiger partial charge in [-0.05, 0) is 79.3 Å². The summed E-state index contributed by atoms with van der Waals surface area (Å²) in [6, 6.07) is 22.1. The Morgan fingerprint density at radius 2 is 1.84 bits per heavy atom. The molecule has 0 radical (unpaired) electrons. The fraction of sp³-hybridized carbons (Fsp3) is 0.400. The first-order chi connectivity index (χ1) is 17.9. The Morgan fingerprint density at radius 1 is 1.05 bits per heavy atom. The van der Waals surface area contributed by atoms with Crippen molar-refractivity contribution in [2.45, 2.75) is 49.3 Å². The smallest absolute Gasteiger partial charge is 0.154 e. The summed E-state index contributed by atoms with van der Waals surface area (Å²) in [5.41, 5.74) is 4.73. The Morgan fingerprint density at radius 3 is 2.57 bits per heavy atom. The van der Waals surface area contributed by atoms with Crippen molar-refractivity contribution < 1.29 is 17.9 Å². The molecule has 1 aliphatic carbocycles. The number of methoxy groups -OCH3 is 1. The third-order valence-corrected chi connectivity index (χ3v) is 9.74. The summed E-state index contributed by atoms with van der Waals surface area (Å²) < 4.78 is 36.7. The summed E-state index contributed by atoms with van der Waals surface area (Å²) in [6.45, 7) is 1.31. The second kappa shape index (κ2) is 11.1. The minimum Gasteiger partial charge on any atom is -0.496 e. The third kappa shape index (κ3) is 5.66.